The molecule has 0 spiro atoms. The van der Waals surface area contributed by atoms with Crippen LogP contribution in [0.15, 0.2) is 97.3 Å². The van der Waals surface area contributed by atoms with Crippen LogP contribution in [-0.2, 0) is 27.5 Å². The van der Waals surface area contributed by atoms with Crippen LogP contribution < -0.4 is 0 Å². The maximum absolute atomic E-state index is 4.65. The van der Waals surface area contributed by atoms with Crippen LogP contribution in [0.3, 0.4) is 0 Å². The minimum absolute atomic E-state index is 0. The third-order valence-electron chi connectivity index (χ3n) is 4.28. The molecule has 0 radical (unpaired) electrons. The van der Waals surface area contributed by atoms with Crippen LogP contribution in [0.4, 0.5) is 0 Å². The molecule has 0 bridgehead atoms. The smallest absolute Gasteiger partial charge is 0.260 e. The summed E-state index contributed by atoms with van der Waals surface area (Å²) in [5.41, 5.74) is 6.78. The molecule has 4 rings (SSSR count). The molecular formula is C23H18N2Pt+2. The third-order valence-corrected chi connectivity index (χ3v) is 4.28. The van der Waals surface area contributed by atoms with Gasteiger partial charge in [-0.1, -0.05) is 72.8 Å². The van der Waals surface area contributed by atoms with Gasteiger partial charge in [-0.25, -0.2) is 0 Å². The minimum Gasteiger partial charge on any atom is -0.260 e. The Labute approximate surface area is 168 Å². The van der Waals surface area contributed by atoms with Crippen LogP contribution in [0, 0.1) is 0 Å². The van der Waals surface area contributed by atoms with Gasteiger partial charge in [0.1, 0.15) is 0 Å². The summed E-state index contributed by atoms with van der Waals surface area (Å²) in [6.07, 6.45) is 4.41. The molecule has 0 aliphatic rings. The second kappa shape index (κ2) is 8.69. The van der Waals surface area contributed by atoms with Crippen LogP contribution in [0.1, 0.15) is 11.4 Å². The van der Waals surface area contributed by atoms with Gasteiger partial charge in [-0.05, 0) is 23.3 Å². The molecule has 2 aromatic heterocycles. The van der Waals surface area contributed by atoms with E-state index < -0.39 is 0 Å². The zero-order chi connectivity index (χ0) is 16.9. The number of aromatic nitrogens is 2. The molecule has 0 saturated heterocycles. The molecule has 0 N–H and O–H groups in total. The fraction of sp³-hybridized carbons (Fsp3) is 0.0435. The van der Waals surface area contributed by atoms with Crippen molar-refractivity contribution in [2.45, 2.75) is 6.42 Å². The van der Waals surface area contributed by atoms with Crippen molar-refractivity contribution in [3.63, 3.8) is 0 Å². The summed E-state index contributed by atoms with van der Waals surface area (Å²) < 4.78 is 0. The van der Waals surface area contributed by atoms with E-state index in [1.165, 1.54) is 11.1 Å². The second-order valence-electron chi connectivity index (χ2n) is 5.90. The summed E-state index contributed by atoms with van der Waals surface area (Å²) in [5.74, 6) is 0. The number of rotatable bonds is 4. The van der Waals surface area contributed by atoms with Gasteiger partial charge in [-0.3, -0.25) is 9.97 Å². The zero-order valence-corrected chi connectivity index (χ0v) is 16.4. The molecule has 0 fully saturated rings. The van der Waals surface area contributed by atoms with Crippen LogP contribution in [0.25, 0.3) is 22.3 Å². The summed E-state index contributed by atoms with van der Waals surface area (Å²) in [7, 11) is 0. The van der Waals surface area contributed by atoms with Crippen molar-refractivity contribution in [2.24, 2.45) is 0 Å². The Hall–Kier alpha value is -2.57. The monoisotopic (exact) mass is 517 g/mol. The SMILES string of the molecule is [Pt+2].c1ccc(-c2cccnc2Cc2ncccc2-c2ccccc2)cc1. The topological polar surface area (TPSA) is 25.8 Å². The van der Waals surface area contributed by atoms with Gasteiger partial charge in [0.15, 0.2) is 0 Å². The molecule has 0 aliphatic heterocycles. The van der Waals surface area contributed by atoms with Gasteiger partial charge >= 0.3 is 21.1 Å². The Morgan fingerprint density at radius 1 is 0.500 bits per heavy atom. The molecule has 26 heavy (non-hydrogen) atoms. The van der Waals surface area contributed by atoms with Crippen molar-refractivity contribution in [1.82, 2.24) is 9.97 Å². The van der Waals surface area contributed by atoms with Crippen molar-refractivity contribution in [2.75, 3.05) is 0 Å². The van der Waals surface area contributed by atoms with Crippen molar-refractivity contribution in [3.8, 4) is 22.3 Å². The number of pyridine rings is 2. The van der Waals surface area contributed by atoms with Gasteiger partial charge < -0.3 is 0 Å². The summed E-state index contributed by atoms with van der Waals surface area (Å²) in [6.45, 7) is 0. The van der Waals surface area contributed by atoms with Gasteiger partial charge in [-0.2, -0.15) is 0 Å². The minimum atomic E-state index is 0. The number of benzene rings is 2. The summed E-state index contributed by atoms with van der Waals surface area (Å²) in [6, 6.07) is 29.0. The van der Waals surface area contributed by atoms with E-state index in [1.54, 1.807) is 0 Å². The summed E-state index contributed by atoms with van der Waals surface area (Å²) >= 11 is 0. The van der Waals surface area contributed by atoms with Crippen LogP contribution in [-0.4, -0.2) is 9.97 Å². The molecule has 0 amide bonds. The van der Waals surface area contributed by atoms with Crippen LogP contribution in [0.2, 0.25) is 0 Å². The number of hydrogen-bond donors (Lipinski definition) is 0. The van der Waals surface area contributed by atoms with Gasteiger partial charge in [0.25, 0.3) is 0 Å². The standard InChI is InChI=1S/C23H18N2.Pt/c1-3-9-18(10-4-1)20-13-7-15-24-22(20)17-23-21(14-8-16-25-23)19-11-5-2-6-12-19;/h1-16H,17H2;/q;+2. The second-order valence-corrected chi connectivity index (χ2v) is 5.90. The van der Waals surface area contributed by atoms with E-state index in [0.29, 0.717) is 6.42 Å². The van der Waals surface area contributed by atoms with Crippen LogP contribution in [0.5, 0.6) is 0 Å². The van der Waals surface area contributed by atoms with E-state index in [-0.39, 0.29) is 21.1 Å². The molecule has 0 atom stereocenters. The predicted molar refractivity (Wildman–Crippen MR) is 102 cm³/mol. The first-order chi connectivity index (χ1) is 12.4. The Balaban J connectivity index is 0.00000196. The average Bonchev–Trinajstić information content (AvgIpc) is 2.70. The van der Waals surface area contributed by atoms with Crippen molar-refractivity contribution in [1.29, 1.82) is 0 Å². The number of nitrogens with zero attached hydrogens (tertiary/aromatic N) is 2. The van der Waals surface area contributed by atoms with Gasteiger partial charge in [0, 0.05) is 29.9 Å². The van der Waals surface area contributed by atoms with Crippen molar-refractivity contribution in [3.05, 3.63) is 109 Å². The summed E-state index contributed by atoms with van der Waals surface area (Å²) in [5, 5.41) is 0. The first-order valence-electron chi connectivity index (χ1n) is 8.40. The molecule has 128 valence electrons. The predicted octanol–water partition coefficient (Wildman–Crippen LogP) is 5.40. The van der Waals surface area contributed by atoms with Crippen LogP contribution >= 0.6 is 0 Å². The summed E-state index contributed by atoms with van der Waals surface area (Å²) in [4.78, 5) is 9.29. The number of hydrogen-bond acceptors (Lipinski definition) is 2. The molecule has 0 saturated carbocycles. The molecule has 4 aromatic rings. The van der Waals surface area contributed by atoms with Crippen molar-refractivity contribution < 1.29 is 21.1 Å². The molecule has 3 heteroatoms. The molecule has 0 aliphatic carbocycles. The molecule has 2 nitrogen and oxygen atoms in total. The van der Waals surface area contributed by atoms with E-state index in [0.717, 1.165) is 22.5 Å². The fourth-order valence-corrected chi connectivity index (χ4v) is 3.08. The Morgan fingerprint density at radius 3 is 1.35 bits per heavy atom. The normalized spacial score (nSPS) is 10.2. The largest absolute Gasteiger partial charge is 2.00 e. The van der Waals surface area contributed by atoms with E-state index in [1.807, 2.05) is 36.7 Å². The molecular weight excluding hydrogens is 499 g/mol. The fourth-order valence-electron chi connectivity index (χ4n) is 3.08. The van der Waals surface area contributed by atoms with Gasteiger partial charge in [0.05, 0.1) is 11.4 Å². The Kier molecular flexibility index (Phi) is 6.09. The van der Waals surface area contributed by atoms with Gasteiger partial charge in [-0.15, -0.1) is 0 Å². The van der Waals surface area contributed by atoms with Crippen molar-refractivity contribution >= 4 is 0 Å². The first kappa shape index (κ1) is 18.2. The van der Waals surface area contributed by atoms with E-state index in [9.17, 15) is 0 Å². The molecule has 2 aromatic carbocycles. The molecule has 2 heterocycles. The Morgan fingerprint density at radius 2 is 0.923 bits per heavy atom. The van der Waals surface area contributed by atoms with E-state index >= 15 is 0 Å². The molecule has 0 unspecified atom stereocenters. The van der Waals surface area contributed by atoms with E-state index in [2.05, 4.69) is 70.6 Å². The average molecular weight is 517 g/mol. The first-order valence-corrected chi connectivity index (χ1v) is 8.40. The third kappa shape index (κ3) is 3.98. The Bertz CT molecular complexity index is 888. The zero-order valence-electron chi connectivity index (χ0n) is 14.2. The maximum atomic E-state index is 4.65. The quantitative estimate of drug-likeness (QED) is 0.363. The van der Waals surface area contributed by atoms with Gasteiger partial charge in [0.2, 0.25) is 0 Å². The van der Waals surface area contributed by atoms with E-state index in [4.69, 9.17) is 0 Å². The maximum Gasteiger partial charge on any atom is 2.00 e.